The Balaban J connectivity index is 2.53. The Kier molecular flexibility index (Phi) is 5.79. The van der Waals surface area contributed by atoms with Crippen LogP contribution in [0.25, 0.3) is 11.1 Å². The highest BCUT2D eigenvalue weighted by Crippen LogP contribution is 2.34. The van der Waals surface area contributed by atoms with Gasteiger partial charge in [-0.05, 0) is 48.0 Å². The van der Waals surface area contributed by atoms with E-state index in [4.69, 9.17) is 0 Å². The molecule has 0 bridgehead atoms. The van der Waals surface area contributed by atoms with Crippen molar-refractivity contribution in [3.8, 4) is 11.1 Å². The molecule has 0 atom stereocenters. The van der Waals surface area contributed by atoms with Crippen LogP contribution in [-0.2, 0) is 28.7 Å². The molecule has 7 heteroatoms. The van der Waals surface area contributed by atoms with Crippen LogP contribution in [0.15, 0.2) is 36.4 Å². The summed E-state index contributed by atoms with van der Waals surface area (Å²) in [6, 6.07) is 7.25. The second kappa shape index (κ2) is 7.65. The number of ether oxygens (including phenoxy) is 1. The number of carbonyl (C=O) groups excluding carboxylic acids is 1. The molecule has 1 N–H and O–H groups in total. The van der Waals surface area contributed by atoms with Gasteiger partial charge < -0.3 is 10.1 Å². The summed E-state index contributed by atoms with van der Waals surface area (Å²) in [7, 11) is 2.84. The number of benzene rings is 2. The van der Waals surface area contributed by atoms with Gasteiger partial charge in [0.05, 0.1) is 19.1 Å². The van der Waals surface area contributed by atoms with Crippen LogP contribution >= 0.6 is 0 Å². The zero-order valence-corrected chi connectivity index (χ0v) is 13.7. The Labute approximate surface area is 142 Å². The molecule has 0 aliphatic heterocycles. The van der Waals surface area contributed by atoms with Crippen molar-refractivity contribution < 1.29 is 27.1 Å². The van der Waals surface area contributed by atoms with Gasteiger partial charge in [-0.25, -0.2) is 4.39 Å². The van der Waals surface area contributed by atoms with Crippen LogP contribution in [-0.4, -0.2) is 20.1 Å². The Morgan fingerprint density at radius 2 is 1.84 bits per heavy atom. The standard InChI is InChI=1S/C18H17F4NO2/c1-23-10-12-9-13(18(20,21)22)4-5-14(12)15-7-11(3-6-16(15)19)8-17(24)25-2/h3-7,9,23H,8,10H2,1-2H3. The number of halogens is 4. The summed E-state index contributed by atoms with van der Waals surface area (Å²) in [5.41, 5.74) is 0.504. The molecular weight excluding hydrogens is 338 g/mol. The van der Waals surface area contributed by atoms with Crippen molar-refractivity contribution in [3.05, 3.63) is 58.9 Å². The molecule has 0 saturated heterocycles. The third-order valence-electron chi connectivity index (χ3n) is 3.70. The molecule has 0 aliphatic rings. The first-order chi connectivity index (χ1) is 11.8. The van der Waals surface area contributed by atoms with Crippen LogP contribution in [0.1, 0.15) is 16.7 Å². The lowest BCUT2D eigenvalue weighted by Gasteiger charge is -2.15. The highest BCUT2D eigenvalue weighted by atomic mass is 19.4. The zero-order chi connectivity index (χ0) is 18.6. The third-order valence-corrected chi connectivity index (χ3v) is 3.70. The number of hydrogen-bond donors (Lipinski definition) is 1. The number of alkyl halides is 3. The zero-order valence-electron chi connectivity index (χ0n) is 13.7. The predicted octanol–water partition coefficient (Wildman–Crippen LogP) is 3.95. The third kappa shape index (κ3) is 4.57. The van der Waals surface area contributed by atoms with Gasteiger partial charge in [0.25, 0.3) is 0 Å². The normalized spacial score (nSPS) is 11.4. The highest BCUT2D eigenvalue weighted by molar-refractivity contribution is 5.75. The maximum absolute atomic E-state index is 14.3. The van der Waals surface area contributed by atoms with Crippen molar-refractivity contribution in [2.75, 3.05) is 14.2 Å². The number of hydrogen-bond acceptors (Lipinski definition) is 3. The first kappa shape index (κ1) is 18.9. The molecule has 0 fully saturated rings. The Bertz CT molecular complexity index is 772. The molecule has 0 aliphatic carbocycles. The molecule has 0 spiro atoms. The second-order valence-electron chi connectivity index (χ2n) is 5.47. The van der Waals surface area contributed by atoms with Crippen molar-refractivity contribution in [2.45, 2.75) is 19.1 Å². The van der Waals surface area contributed by atoms with Crippen LogP contribution in [0.5, 0.6) is 0 Å². The molecular formula is C18H17F4NO2. The van der Waals surface area contributed by atoms with Gasteiger partial charge in [0.2, 0.25) is 0 Å². The number of methoxy groups -OCH3 is 1. The van der Waals surface area contributed by atoms with Gasteiger partial charge in [-0.3, -0.25) is 4.79 Å². The molecule has 0 heterocycles. The summed E-state index contributed by atoms with van der Waals surface area (Å²) < 4.78 is 57.6. The summed E-state index contributed by atoms with van der Waals surface area (Å²) in [6.45, 7) is 0.139. The lowest BCUT2D eigenvalue weighted by Crippen LogP contribution is -2.11. The fourth-order valence-electron chi connectivity index (χ4n) is 2.50. The quantitative estimate of drug-likeness (QED) is 0.652. The molecule has 0 amide bonds. The van der Waals surface area contributed by atoms with Crippen molar-refractivity contribution in [1.29, 1.82) is 0 Å². The summed E-state index contributed by atoms with van der Waals surface area (Å²) in [5.74, 6) is -1.06. The van der Waals surface area contributed by atoms with Gasteiger partial charge in [-0.2, -0.15) is 13.2 Å². The van der Waals surface area contributed by atoms with Gasteiger partial charge in [0.1, 0.15) is 5.82 Å². The van der Waals surface area contributed by atoms with Crippen LogP contribution in [0.3, 0.4) is 0 Å². The highest BCUT2D eigenvalue weighted by Gasteiger charge is 2.31. The van der Waals surface area contributed by atoms with E-state index in [1.165, 1.54) is 31.4 Å². The Morgan fingerprint density at radius 1 is 1.12 bits per heavy atom. The van der Waals surface area contributed by atoms with E-state index in [1.54, 1.807) is 7.05 Å². The van der Waals surface area contributed by atoms with E-state index in [0.717, 1.165) is 12.1 Å². The Hall–Kier alpha value is -2.41. The largest absolute Gasteiger partial charge is 0.469 e. The second-order valence-corrected chi connectivity index (χ2v) is 5.47. The van der Waals surface area contributed by atoms with Crippen molar-refractivity contribution in [1.82, 2.24) is 5.32 Å². The van der Waals surface area contributed by atoms with E-state index in [2.05, 4.69) is 10.1 Å². The molecule has 0 aromatic heterocycles. The van der Waals surface area contributed by atoms with Gasteiger partial charge in [0.15, 0.2) is 0 Å². The van der Waals surface area contributed by atoms with Crippen molar-refractivity contribution >= 4 is 5.97 Å². The summed E-state index contributed by atoms with van der Waals surface area (Å²) >= 11 is 0. The van der Waals surface area contributed by atoms with E-state index in [-0.39, 0.29) is 18.5 Å². The van der Waals surface area contributed by atoms with Crippen LogP contribution in [0.2, 0.25) is 0 Å². The molecule has 0 unspecified atom stereocenters. The van der Waals surface area contributed by atoms with E-state index in [1.807, 2.05) is 0 Å². The molecule has 0 saturated carbocycles. The summed E-state index contributed by atoms with van der Waals surface area (Å²) in [6.07, 6.45) is -4.53. The monoisotopic (exact) mass is 355 g/mol. The molecule has 2 aromatic rings. The lowest BCUT2D eigenvalue weighted by atomic mass is 9.95. The fourth-order valence-corrected chi connectivity index (χ4v) is 2.50. The smallest absolute Gasteiger partial charge is 0.416 e. The number of esters is 1. The van der Waals surface area contributed by atoms with E-state index >= 15 is 0 Å². The summed E-state index contributed by atoms with van der Waals surface area (Å²) in [4.78, 5) is 11.4. The van der Waals surface area contributed by atoms with Crippen LogP contribution in [0.4, 0.5) is 17.6 Å². The molecule has 3 nitrogen and oxygen atoms in total. The van der Waals surface area contributed by atoms with Gasteiger partial charge in [-0.15, -0.1) is 0 Å². The molecule has 0 radical (unpaired) electrons. The van der Waals surface area contributed by atoms with Crippen LogP contribution < -0.4 is 5.32 Å². The topological polar surface area (TPSA) is 38.3 Å². The molecule has 134 valence electrons. The maximum Gasteiger partial charge on any atom is 0.416 e. The minimum absolute atomic E-state index is 0.0498. The first-order valence-corrected chi connectivity index (χ1v) is 7.46. The molecule has 25 heavy (non-hydrogen) atoms. The fraction of sp³-hybridized carbons (Fsp3) is 0.278. The average Bonchev–Trinajstić information content (AvgIpc) is 2.56. The summed E-state index contributed by atoms with van der Waals surface area (Å²) in [5, 5.41) is 2.78. The van der Waals surface area contributed by atoms with Crippen molar-refractivity contribution in [3.63, 3.8) is 0 Å². The SMILES string of the molecule is CNCc1cc(C(F)(F)F)ccc1-c1cc(CC(=O)OC)ccc1F. The Morgan fingerprint density at radius 3 is 2.44 bits per heavy atom. The van der Waals surface area contributed by atoms with Crippen molar-refractivity contribution in [2.24, 2.45) is 0 Å². The number of carbonyl (C=O) groups is 1. The molecule has 2 aromatic carbocycles. The van der Waals surface area contributed by atoms with Crippen LogP contribution in [0, 0.1) is 5.82 Å². The average molecular weight is 355 g/mol. The number of nitrogens with one attached hydrogen (secondary N) is 1. The minimum Gasteiger partial charge on any atom is -0.469 e. The van der Waals surface area contributed by atoms with Gasteiger partial charge in [0, 0.05) is 12.1 Å². The number of rotatable bonds is 5. The minimum atomic E-state index is -4.48. The van der Waals surface area contributed by atoms with Gasteiger partial charge in [-0.1, -0.05) is 12.1 Å². The van der Waals surface area contributed by atoms with Gasteiger partial charge >= 0.3 is 12.1 Å². The first-order valence-electron chi connectivity index (χ1n) is 7.46. The van der Waals surface area contributed by atoms with E-state index < -0.39 is 23.5 Å². The molecule has 2 rings (SSSR count). The van der Waals surface area contributed by atoms with E-state index in [9.17, 15) is 22.4 Å². The lowest BCUT2D eigenvalue weighted by molar-refractivity contribution is -0.140. The predicted molar refractivity (Wildman–Crippen MR) is 85.3 cm³/mol. The van der Waals surface area contributed by atoms with E-state index in [0.29, 0.717) is 16.7 Å². The maximum atomic E-state index is 14.3.